The van der Waals surface area contributed by atoms with E-state index in [2.05, 4.69) is 9.97 Å². The van der Waals surface area contributed by atoms with Gasteiger partial charge in [0.25, 0.3) is 0 Å². The fraction of sp³-hybridized carbons (Fsp3) is 0. The minimum absolute atomic E-state index is 0.0198. The number of nitrogens with one attached hydrogen (secondary N) is 2. The molecule has 10 heteroatoms. The second kappa shape index (κ2) is 5.58. The van der Waals surface area contributed by atoms with E-state index in [4.69, 9.17) is 0 Å². The molecule has 0 bridgehead atoms. The number of rotatable bonds is 3. The Bertz CT molecular complexity index is 1310. The van der Waals surface area contributed by atoms with Crippen LogP contribution in [0.2, 0.25) is 0 Å². The Hall–Kier alpha value is -4.34. The molecule has 10 nitrogen and oxygen atoms in total. The third-order valence-electron chi connectivity index (χ3n) is 4.59. The van der Waals surface area contributed by atoms with E-state index in [-0.39, 0.29) is 32.9 Å². The molecule has 0 aliphatic carbocycles. The molecule has 0 amide bonds. The van der Waals surface area contributed by atoms with E-state index in [1.165, 1.54) is 18.5 Å². The lowest BCUT2D eigenvalue weighted by atomic mass is 9.95. The van der Waals surface area contributed by atoms with E-state index in [0.717, 1.165) is 6.07 Å². The Morgan fingerprint density at radius 3 is 2.04 bits per heavy atom. The number of hydrogen-bond donors (Lipinski definition) is 8. The molecule has 8 N–H and O–H groups in total. The maximum Gasteiger partial charge on any atom is 0.341 e. The number of benzene rings is 2. The molecule has 28 heavy (non-hydrogen) atoms. The van der Waals surface area contributed by atoms with Gasteiger partial charge in [-0.15, -0.1) is 0 Å². The van der Waals surface area contributed by atoms with Crippen LogP contribution in [-0.4, -0.2) is 52.5 Å². The van der Waals surface area contributed by atoms with Crippen molar-refractivity contribution in [2.45, 2.75) is 0 Å². The number of aromatic nitrogens is 2. The molecule has 4 aromatic rings. The number of fused-ring (bicyclic) bond motifs is 2. The van der Waals surface area contributed by atoms with Crippen LogP contribution in [0.4, 0.5) is 0 Å². The van der Waals surface area contributed by atoms with Gasteiger partial charge in [-0.3, -0.25) is 0 Å². The first-order valence-electron chi connectivity index (χ1n) is 7.82. The summed E-state index contributed by atoms with van der Waals surface area (Å²) in [7, 11) is 0. The fourth-order valence-electron chi connectivity index (χ4n) is 3.41. The predicted molar refractivity (Wildman–Crippen MR) is 96.2 cm³/mol. The molecule has 4 rings (SSSR count). The van der Waals surface area contributed by atoms with Gasteiger partial charge in [-0.2, -0.15) is 0 Å². The zero-order valence-electron chi connectivity index (χ0n) is 13.8. The summed E-state index contributed by atoms with van der Waals surface area (Å²) >= 11 is 0. The van der Waals surface area contributed by atoms with Gasteiger partial charge in [0.15, 0.2) is 23.0 Å². The smallest absolute Gasteiger partial charge is 0.341 e. The number of phenols is 4. The lowest BCUT2D eigenvalue weighted by Crippen LogP contribution is -2.00. The minimum atomic E-state index is -1.49. The van der Waals surface area contributed by atoms with Gasteiger partial charge in [0, 0.05) is 34.3 Å². The Kier molecular flexibility index (Phi) is 3.40. The van der Waals surface area contributed by atoms with Crippen molar-refractivity contribution in [3.8, 4) is 34.1 Å². The molecular weight excluding hydrogens is 372 g/mol. The van der Waals surface area contributed by atoms with Crippen molar-refractivity contribution in [3.63, 3.8) is 0 Å². The summed E-state index contributed by atoms with van der Waals surface area (Å²) in [6.07, 6.45) is 2.73. The number of aromatic hydroxyl groups is 4. The largest absolute Gasteiger partial charge is 0.504 e. The molecule has 0 aliphatic heterocycles. The number of carbonyl (C=O) groups is 2. The Morgan fingerprint density at radius 2 is 1.39 bits per heavy atom. The molecule has 0 radical (unpaired) electrons. The summed E-state index contributed by atoms with van der Waals surface area (Å²) in [4.78, 5) is 28.3. The molecule has 0 spiro atoms. The van der Waals surface area contributed by atoms with Gasteiger partial charge in [0.2, 0.25) is 0 Å². The van der Waals surface area contributed by atoms with E-state index >= 15 is 0 Å². The maximum absolute atomic E-state index is 11.5. The van der Waals surface area contributed by atoms with Crippen LogP contribution in [0, 0.1) is 0 Å². The van der Waals surface area contributed by atoms with Crippen molar-refractivity contribution in [2.24, 2.45) is 0 Å². The van der Waals surface area contributed by atoms with Gasteiger partial charge >= 0.3 is 11.9 Å². The van der Waals surface area contributed by atoms with Crippen molar-refractivity contribution in [1.29, 1.82) is 0 Å². The summed E-state index contributed by atoms with van der Waals surface area (Å²) in [6.45, 7) is 0. The lowest BCUT2D eigenvalue weighted by molar-refractivity contribution is 0.0683. The number of phenolic OH excluding ortho intramolecular Hbond substituents is 2. The monoisotopic (exact) mass is 384 g/mol. The average Bonchev–Trinajstić information content (AvgIpc) is 3.24. The van der Waals surface area contributed by atoms with Crippen molar-refractivity contribution in [3.05, 3.63) is 35.7 Å². The highest BCUT2D eigenvalue weighted by Crippen LogP contribution is 2.48. The highest BCUT2D eigenvalue weighted by atomic mass is 16.4. The number of aromatic carboxylic acids is 2. The Labute approximate surface area is 154 Å². The van der Waals surface area contributed by atoms with E-state index in [0.29, 0.717) is 0 Å². The molecule has 0 unspecified atom stereocenters. The number of aromatic amines is 2. The maximum atomic E-state index is 11.5. The van der Waals surface area contributed by atoms with E-state index in [1.807, 2.05) is 0 Å². The van der Waals surface area contributed by atoms with Crippen molar-refractivity contribution in [1.82, 2.24) is 9.97 Å². The van der Waals surface area contributed by atoms with Gasteiger partial charge < -0.3 is 40.6 Å². The molecule has 0 aliphatic rings. The van der Waals surface area contributed by atoms with Gasteiger partial charge in [-0.05, 0) is 12.1 Å². The molecular formula is C18H12N2O8. The second-order valence-electron chi connectivity index (χ2n) is 6.07. The minimum Gasteiger partial charge on any atom is -0.504 e. The van der Waals surface area contributed by atoms with Crippen LogP contribution in [0.3, 0.4) is 0 Å². The third kappa shape index (κ3) is 2.08. The molecule has 0 saturated carbocycles. The summed E-state index contributed by atoms with van der Waals surface area (Å²) < 4.78 is 0. The van der Waals surface area contributed by atoms with Crippen LogP contribution < -0.4 is 0 Å². The molecule has 0 fully saturated rings. The van der Waals surface area contributed by atoms with Crippen molar-refractivity contribution in [2.75, 3.05) is 0 Å². The van der Waals surface area contributed by atoms with E-state index < -0.39 is 46.1 Å². The summed E-state index contributed by atoms with van der Waals surface area (Å²) in [5.41, 5.74) is -0.866. The van der Waals surface area contributed by atoms with Crippen LogP contribution >= 0.6 is 0 Å². The standard InChI is InChI=1S/C18H12N2O8/c21-8-3-6-7(4-20-13(6)10(14(8)22)17(25)26)9-5-1-2-19-12(5)11(18(27)28)16(24)15(9)23/h1-4,19-24H,(H,25,26)(H,27,28). The van der Waals surface area contributed by atoms with Gasteiger partial charge in [-0.1, -0.05) is 0 Å². The normalized spacial score (nSPS) is 11.3. The third-order valence-corrected chi connectivity index (χ3v) is 4.59. The first-order chi connectivity index (χ1) is 13.2. The zero-order valence-corrected chi connectivity index (χ0v) is 13.8. The quantitative estimate of drug-likeness (QED) is 0.247. The second-order valence-corrected chi connectivity index (χ2v) is 6.07. The summed E-state index contributed by atoms with van der Waals surface area (Å²) in [6, 6.07) is 2.58. The van der Waals surface area contributed by atoms with Crippen LogP contribution in [-0.2, 0) is 0 Å². The number of H-pyrrole nitrogens is 2. The molecule has 2 aromatic carbocycles. The van der Waals surface area contributed by atoms with Gasteiger partial charge in [0.05, 0.1) is 11.0 Å². The van der Waals surface area contributed by atoms with Crippen molar-refractivity contribution < 1.29 is 40.2 Å². The van der Waals surface area contributed by atoms with Crippen LogP contribution in [0.15, 0.2) is 24.5 Å². The first-order valence-corrected chi connectivity index (χ1v) is 7.82. The number of carboxylic acid groups (broad SMARTS) is 2. The van der Waals surface area contributed by atoms with E-state index in [1.54, 1.807) is 0 Å². The first kappa shape index (κ1) is 17.1. The molecule has 142 valence electrons. The molecule has 2 aromatic heterocycles. The highest BCUT2D eigenvalue weighted by Gasteiger charge is 2.28. The van der Waals surface area contributed by atoms with E-state index in [9.17, 15) is 40.2 Å². The Morgan fingerprint density at radius 1 is 0.786 bits per heavy atom. The van der Waals surface area contributed by atoms with Crippen LogP contribution in [0.25, 0.3) is 32.9 Å². The van der Waals surface area contributed by atoms with Crippen LogP contribution in [0.5, 0.6) is 23.0 Å². The molecule has 0 saturated heterocycles. The van der Waals surface area contributed by atoms with Gasteiger partial charge in [0.1, 0.15) is 11.1 Å². The SMILES string of the molecule is O=C(O)c1c(O)c(O)cc2c(-c3c(O)c(O)c(C(=O)O)c4[nH]ccc34)c[nH]c12. The highest BCUT2D eigenvalue weighted by molar-refractivity contribution is 6.17. The topological polar surface area (TPSA) is 187 Å². The molecule has 2 heterocycles. The number of carboxylic acids is 2. The lowest BCUT2D eigenvalue weighted by Gasteiger charge is -2.12. The fourth-order valence-corrected chi connectivity index (χ4v) is 3.41. The van der Waals surface area contributed by atoms with Crippen LogP contribution in [0.1, 0.15) is 20.7 Å². The average molecular weight is 384 g/mol. The predicted octanol–water partition coefficient (Wildman–Crippen LogP) is 2.54. The Balaban J connectivity index is 2.16. The number of hydrogen-bond acceptors (Lipinski definition) is 6. The van der Waals surface area contributed by atoms with Crippen molar-refractivity contribution >= 4 is 33.7 Å². The van der Waals surface area contributed by atoms with Gasteiger partial charge in [-0.25, -0.2) is 9.59 Å². The zero-order chi connectivity index (χ0) is 20.3. The summed E-state index contributed by atoms with van der Waals surface area (Å²) in [5, 5.41) is 59.6. The molecule has 0 atom stereocenters. The summed E-state index contributed by atoms with van der Waals surface area (Å²) in [5.74, 6) is -6.06.